The number of hydrogen-bond donors (Lipinski definition) is 1. The van der Waals surface area contributed by atoms with Gasteiger partial charge in [-0.05, 0) is 49.0 Å². The molecule has 18 heavy (non-hydrogen) atoms. The van der Waals surface area contributed by atoms with Crippen LogP contribution in [0.1, 0.15) is 44.1 Å². The first-order valence-electron chi connectivity index (χ1n) is 6.87. The van der Waals surface area contributed by atoms with Crippen molar-refractivity contribution < 1.29 is 9.50 Å². The molecule has 1 aliphatic rings. The van der Waals surface area contributed by atoms with E-state index in [1.165, 1.54) is 43.4 Å². The maximum absolute atomic E-state index is 12.8. The molecule has 1 aromatic rings. The molecule has 98 valence electrons. The highest BCUT2D eigenvalue weighted by Gasteiger charge is 2.12. The second-order valence-electron chi connectivity index (χ2n) is 5.08. The lowest BCUT2D eigenvalue weighted by atomic mass is 9.93. The van der Waals surface area contributed by atoms with Gasteiger partial charge in [0.2, 0.25) is 0 Å². The van der Waals surface area contributed by atoms with Crippen molar-refractivity contribution in [1.82, 2.24) is 0 Å². The number of aliphatic hydroxyl groups excluding tert-OH is 1. The molecule has 2 rings (SSSR count). The minimum absolute atomic E-state index is 0.224. The third kappa shape index (κ3) is 3.95. The third-order valence-electron chi connectivity index (χ3n) is 3.60. The molecule has 2 heteroatoms. The van der Waals surface area contributed by atoms with Crippen molar-refractivity contribution in [2.24, 2.45) is 0 Å². The number of halogens is 1. The van der Waals surface area contributed by atoms with Gasteiger partial charge in [-0.25, -0.2) is 4.39 Å². The lowest BCUT2D eigenvalue weighted by molar-refractivity contribution is 0.205. The molecule has 0 amide bonds. The maximum atomic E-state index is 12.8. The highest BCUT2D eigenvalue weighted by molar-refractivity contribution is 5.20. The second-order valence-corrected chi connectivity index (χ2v) is 5.08. The molecule has 0 spiro atoms. The van der Waals surface area contributed by atoms with Crippen LogP contribution < -0.4 is 0 Å². The van der Waals surface area contributed by atoms with Crippen LogP contribution in [-0.2, 0) is 6.42 Å². The van der Waals surface area contributed by atoms with Crippen LogP contribution in [0.2, 0.25) is 0 Å². The van der Waals surface area contributed by atoms with E-state index in [0.717, 1.165) is 18.4 Å². The Morgan fingerprint density at radius 2 is 1.78 bits per heavy atom. The summed E-state index contributed by atoms with van der Waals surface area (Å²) in [5.74, 6) is -0.224. The van der Waals surface area contributed by atoms with Crippen molar-refractivity contribution in [3.63, 3.8) is 0 Å². The topological polar surface area (TPSA) is 20.2 Å². The van der Waals surface area contributed by atoms with E-state index < -0.39 is 6.10 Å². The predicted molar refractivity (Wildman–Crippen MR) is 71.9 cm³/mol. The highest BCUT2D eigenvalue weighted by Crippen LogP contribution is 2.21. The molecule has 1 atom stereocenters. The molecular weight excluding hydrogens is 227 g/mol. The van der Waals surface area contributed by atoms with E-state index >= 15 is 0 Å². The van der Waals surface area contributed by atoms with E-state index in [1.807, 2.05) is 0 Å². The summed E-state index contributed by atoms with van der Waals surface area (Å²) in [7, 11) is 0. The van der Waals surface area contributed by atoms with Crippen LogP contribution in [0.3, 0.4) is 0 Å². The van der Waals surface area contributed by atoms with Gasteiger partial charge in [0.25, 0.3) is 0 Å². The van der Waals surface area contributed by atoms with Crippen molar-refractivity contribution >= 4 is 0 Å². The maximum Gasteiger partial charge on any atom is 0.123 e. The summed E-state index contributed by atoms with van der Waals surface area (Å²) in [6.07, 6.45) is 9.43. The van der Waals surface area contributed by atoms with Gasteiger partial charge in [0.15, 0.2) is 0 Å². The average molecular weight is 248 g/mol. The van der Waals surface area contributed by atoms with E-state index in [9.17, 15) is 9.50 Å². The Bertz CT molecular complexity index is 394. The molecule has 1 N–H and O–H groups in total. The smallest absolute Gasteiger partial charge is 0.123 e. The Labute approximate surface area is 108 Å². The van der Waals surface area contributed by atoms with E-state index in [-0.39, 0.29) is 5.82 Å². The largest absolute Gasteiger partial charge is 0.388 e. The Balaban J connectivity index is 1.97. The Hall–Kier alpha value is -1.15. The SMILES string of the molecule is OC(Cc1ccc(F)cc1)/C1=C/CCCCCC1. The lowest BCUT2D eigenvalue weighted by Gasteiger charge is -2.17. The summed E-state index contributed by atoms with van der Waals surface area (Å²) >= 11 is 0. The number of allylic oxidation sites excluding steroid dienone is 1. The summed E-state index contributed by atoms with van der Waals surface area (Å²) in [6, 6.07) is 6.41. The summed E-state index contributed by atoms with van der Waals surface area (Å²) in [5, 5.41) is 10.3. The fraction of sp³-hybridized carbons (Fsp3) is 0.500. The van der Waals surface area contributed by atoms with Crippen molar-refractivity contribution in [3.8, 4) is 0 Å². The highest BCUT2D eigenvalue weighted by atomic mass is 19.1. The van der Waals surface area contributed by atoms with Crippen molar-refractivity contribution in [1.29, 1.82) is 0 Å². The van der Waals surface area contributed by atoms with E-state index in [4.69, 9.17) is 0 Å². The summed E-state index contributed by atoms with van der Waals surface area (Å²) in [6.45, 7) is 0. The van der Waals surface area contributed by atoms with Gasteiger partial charge in [-0.2, -0.15) is 0 Å². The van der Waals surface area contributed by atoms with Crippen molar-refractivity contribution in [3.05, 3.63) is 47.3 Å². The van der Waals surface area contributed by atoms with Gasteiger partial charge in [0.05, 0.1) is 6.10 Å². The fourth-order valence-electron chi connectivity index (χ4n) is 2.49. The Morgan fingerprint density at radius 1 is 1.06 bits per heavy atom. The molecule has 0 radical (unpaired) electrons. The summed E-state index contributed by atoms with van der Waals surface area (Å²) < 4.78 is 12.8. The average Bonchev–Trinajstić information content (AvgIpc) is 2.31. The molecular formula is C16H21FO. The molecule has 0 saturated carbocycles. The van der Waals surface area contributed by atoms with Crippen LogP contribution in [-0.4, -0.2) is 11.2 Å². The van der Waals surface area contributed by atoms with Gasteiger partial charge in [-0.15, -0.1) is 0 Å². The quantitative estimate of drug-likeness (QED) is 0.801. The second kappa shape index (κ2) is 6.69. The lowest BCUT2D eigenvalue weighted by Crippen LogP contribution is -2.14. The molecule has 1 aliphatic carbocycles. The number of rotatable bonds is 3. The molecule has 1 nitrogen and oxygen atoms in total. The molecule has 0 bridgehead atoms. The Morgan fingerprint density at radius 3 is 2.56 bits per heavy atom. The molecule has 1 unspecified atom stereocenters. The first-order valence-corrected chi connectivity index (χ1v) is 6.87. The van der Waals surface area contributed by atoms with Gasteiger partial charge in [0.1, 0.15) is 5.82 Å². The van der Waals surface area contributed by atoms with Gasteiger partial charge < -0.3 is 5.11 Å². The van der Waals surface area contributed by atoms with Crippen molar-refractivity contribution in [2.45, 2.75) is 51.0 Å². The minimum atomic E-state index is -0.409. The first kappa shape index (κ1) is 13.3. The monoisotopic (exact) mass is 248 g/mol. The molecule has 0 saturated heterocycles. The molecule has 0 fully saturated rings. The summed E-state index contributed by atoms with van der Waals surface area (Å²) in [5.41, 5.74) is 2.16. The fourth-order valence-corrected chi connectivity index (χ4v) is 2.49. The van der Waals surface area contributed by atoms with E-state index in [0.29, 0.717) is 6.42 Å². The Kier molecular flexibility index (Phi) is 4.94. The van der Waals surface area contributed by atoms with Crippen LogP contribution >= 0.6 is 0 Å². The van der Waals surface area contributed by atoms with Crippen LogP contribution in [0.25, 0.3) is 0 Å². The van der Waals surface area contributed by atoms with Gasteiger partial charge >= 0.3 is 0 Å². The van der Waals surface area contributed by atoms with Crippen LogP contribution in [0.15, 0.2) is 35.9 Å². The van der Waals surface area contributed by atoms with Gasteiger partial charge in [-0.3, -0.25) is 0 Å². The zero-order valence-corrected chi connectivity index (χ0v) is 10.7. The van der Waals surface area contributed by atoms with Gasteiger partial charge in [-0.1, -0.05) is 31.1 Å². The van der Waals surface area contributed by atoms with E-state index in [1.54, 1.807) is 12.1 Å². The molecule has 1 aromatic carbocycles. The third-order valence-corrected chi connectivity index (χ3v) is 3.60. The van der Waals surface area contributed by atoms with Crippen molar-refractivity contribution in [2.75, 3.05) is 0 Å². The standard InChI is InChI=1S/C16H21FO/c17-15-10-8-13(9-11-15)12-16(18)14-6-4-2-1-3-5-7-14/h6,8-11,16,18H,1-5,7,12H2/b14-6+. The zero-order valence-electron chi connectivity index (χ0n) is 10.7. The number of aliphatic hydroxyl groups is 1. The number of benzene rings is 1. The minimum Gasteiger partial charge on any atom is -0.388 e. The van der Waals surface area contributed by atoms with Crippen LogP contribution in [0.4, 0.5) is 4.39 Å². The molecule has 0 aromatic heterocycles. The van der Waals surface area contributed by atoms with Crippen LogP contribution in [0.5, 0.6) is 0 Å². The normalized spacial score (nSPS) is 21.6. The number of hydrogen-bond acceptors (Lipinski definition) is 1. The van der Waals surface area contributed by atoms with E-state index in [2.05, 4.69) is 6.08 Å². The van der Waals surface area contributed by atoms with Gasteiger partial charge in [0, 0.05) is 6.42 Å². The molecule has 0 heterocycles. The first-order chi connectivity index (χ1) is 8.75. The molecule has 0 aliphatic heterocycles. The van der Waals surface area contributed by atoms with Crippen LogP contribution in [0, 0.1) is 5.82 Å². The summed E-state index contributed by atoms with van der Waals surface area (Å²) in [4.78, 5) is 0. The zero-order chi connectivity index (χ0) is 12.8. The predicted octanol–water partition coefficient (Wildman–Crippen LogP) is 4.01.